The van der Waals surface area contributed by atoms with Crippen LogP contribution in [0.15, 0.2) is 45.5 Å². The number of aromatic nitrogens is 1. The highest BCUT2D eigenvalue weighted by molar-refractivity contribution is 7.94. The van der Waals surface area contributed by atoms with E-state index in [4.69, 9.17) is 0 Å². The van der Waals surface area contributed by atoms with Crippen molar-refractivity contribution in [1.82, 2.24) is 4.98 Å². The van der Waals surface area contributed by atoms with Crippen molar-refractivity contribution in [3.05, 3.63) is 52.7 Å². The molecule has 1 aliphatic rings. The number of β-amino-alcohol motifs (C(OH)–C–C–N with tert-alkyl or cyclic N) is 1. The molecule has 0 bridgehead atoms. The van der Waals surface area contributed by atoms with Crippen LogP contribution in [0.3, 0.4) is 0 Å². The Balaban J connectivity index is 1.60. The predicted molar refractivity (Wildman–Crippen MR) is 107 cm³/mol. The number of benzene rings is 1. The van der Waals surface area contributed by atoms with Gasteiger partial charge in [-0.25, -0.2) is 21.6 Å². The lowest BCUT2D eigenvalue weighted by atomic mass is 10.0. The molecule has 4 rings (SSSR count). The van der Waals surface area contributed by atoms with Crippen LogP contribution >= 0.6 is 11.3 Å². The lowest BCUT2D eigenvalue weighted by Crippen LogP contribution is -2.50. The standard InChI is InChI=1S/C18H16F3N3O4S2/c19-12-7-10-3-5-22-17(26)11(10)8-13(12)23-30(27,28)16-2-1-15(29-16)24-6-4-18(20,21)14(25)9-24/h1-3,5,7-8,14,23,25H,4,6,9H2,(H,22,26)/t14-/m1/s1. The maximum atomic E-state index is 14.4. The highest BCUT2D eigenvalue weighted by Gasteiger charge is 2.43. The molecule has 0 radical (unpaired) electrons. The van der Waals surface area contributed by atoms with Crippen LogP contribution in [0.25, 0.3) is 10.8 Å². The van der Waals surface area contributed by atoms with Crippen LogP contribution in [0.5, 0.6) is 0 Å². The van der Waals surface area contributed by atoms with Gasteiger partial charge in [0.2, 0.25) is 0 Å². The molecule has 3 N–H and O–H groups in total. The number of hydrogen-bond donors (Lipinski definition) is 3. The number of aromatic amines is 1. The summed E-state index contributed by atoms with van der Waals surface area (Å²) in [5.74, 6) is -4.04. The van der Waals surface area contributed by atoms with Crippen molar-refractivity contribution in [1.29, 1.82) is 0 Å². The first-order valence-corrected chi connectivity index (χ1v) is 11.1. The van der Waals surface area contributed by atoms with Gasteiger partial charge >= 0.3 is 0 Å². The van der Waals surface area contributed by atoms with Crippen molar-refractivity contribution in [2.75, 3.05) is 22.7 Å². The molecule has 7 nitrogen and oxygen atoms in total. The highest BCUT2D eigenvalue weighted by atomic mass is 32.2. The maximum Gasteiger partial charge on any atom is 0.276 e. The SMILES string of the molecule is O=c1[nH]ccc2cc(F)c(NS(=O)(=O)c3ccc(N4CCC(F)(F)[C@H](O)C4)s3)cc12. The van der Waals surface area contributed by atoms with Crippen LogP contribution in [0, 0.1) is 5.82 Å². The zero-order valence-corrected chi connectivity index (χ0v) is 16.9. The number of rotatable bonds is 4. The summed E-state index contributed by atoms with van der Waals surface area (Å²) in [6.07, 6.45) is -1.05. The molecule has 30 heavy (non-hydrogen) atoms. The first-order chi connectivity index (χ1) is 14.1. The fourth-order valence-corrected chi connectivity index (χ4v) is 5.58. The third-order valence-electron chi connectivity index (χ3n) is 4.85. The summed E-state index contributed by atoms with van der Waals surface area (Å²) in [7, 11) is -4.19. The Bertz CT molecular complexity index is 1270. The first-order valence-electron chi connectivity index (χ1n) is 8.81. The van der Waals surface area contributed by atoms with Gasteiger partial charge in [0.25, 0.3) is 21.5 Å². The second-order valence-corrected chi connectivity index (χ2v) is 9.87. The molecule has 0 aliphatic carbocycles. The van der Waals surface area contributed by atoms with Crippen molar-refractivity contribution in [3.8, 4) is 0 Å². The van der Waals surface area contributed by atoms with Crippen molar-refractivity contribution in [2.45, 2.75) is 22.7 Å². The molecule has 1 aromatic carbocycles. The number of fused-ring (bicyclic) bond motifs is 1. The Kier molecular flexibility index (Phi) is 5.03. The predicted octanol–water partition coefficient (Wildman–Crippen LogP) is 2.74. The summed E-state index contributed by atoms with van der Waals surface area (Å²) in [4.78, 5) is 15.8. The highest BCUT2D eigenvalue weighted by Crippen LogP contribution is 2.36. The molecule has 160 valence electrons. The van der Waals surface area contributed by atoms with Crippen molar-refractivity contribution in [3.63, 3.8) is 0 Å². The van der Waals surface area contributed by atoms with E-state index in [0.717, 1.165) is 23.5 Å². The van der Waals surface area contributed by atoms with Gasteiger partial charge in [0.1, 0.15) is 16.1 Å². The summed E-state index contributed by atoms with van der Waals surface area (Å²) in [5, 5.41) is 10.4. The summed E-state index contributed by atoms with van der Waals surface area (Å²) in [6, 6.07) is 6.36. The van der Waals surface area contributed by atoms with E-state index in [1.54, 1.807) is 0 Å². The van der Waals surface area contributed by atoms with Crippen molar-refractivity contribution < 1.29 is 26.7 Å². The molecule has 3 heterocycles. The number of thiophene rings is 1. The molecule has 1 aliphatic heterocycles. The minimum atomic E-state index is -4.19. The van der Waals surface area contributed by atoms with Gasteiger partial charge in [0.05, 0.1) is 17.2 Å². The summed E-state index contributed by atoms with van der Waals surface area (Å²) in [5.41, 5.74) is -0.881. The number of nitrogens with one attached hydrogen (secondary N) is 2. The molecule has 0 amide bonds. The largest absolute Gasteiger partial charge is 0.385 e. The summed E-state index contributed by atoms with van der Waals surface area (Å²) < 4.78 is 68.7. The second-order valence-electron chi connectivity index (χ2n) is 6.90. The minimum absolute atomic E-state index is 0.0421. The third kappa shape index (κ3) is 3.77. The lowest BCUT2D eigenvalue weighted by Gasteiger charge is -2.36. The van der Waals surface area contributed by atoms with Gasteiger partial charge in [-0.05, 0) is 35.7 Å². The minimum Gasteiger partial charge on any atom is -0.385 e. The van der Waals surface area contributed by atoms with Crippen LogP contribution in [0.4, 0.5) is 23.9 Å². The second kappa shape index (κ2) is 7.29. The Morgan fingerprint density at radius 2 is 2.03 bits per heavy atom. The molecular formula is C18H16F3N3O4S2. The Morgan fingerprint density at radius 3 is 2.77 bits per heavy atom. The van der Waals surface area contributed by atoms with E-state index >= 15 is 0 Å². The molecule has 1 atom stereocenters. The normalized spacial score (nSPS) is 19.2. The molecule has 12 heteroatoms. The number of H-pyrrole nitrogens is 1. The number of aliphatic hydroxyl groups is 1. The molecule has 1 saturated heterocycles. The van der Waals surface area contributed by atoms with Crippen molar-refractivity contribution in [2.24, 2.45) is 0 Å². The first kappa shape index (κ1) is 20.7. The van der Waals surface area contributed by atoms with Crippen LogP contribution < -0.4 is 15.2 Å². The fraction of sp³-hybridized carbons (Fsp3) is 0.278. The molecule has 3 aromatic rings. The average Bonchev–Trinajstić information content (AvgIpc) is 3.16. The number of anilines is 2. The van der Waals surface area contributed by atoms with Gasteiger partial charge in [-0.15, -0.1) is 11.3 Å². The van der Waals surface area contributed by atoms with Gasteiger partial charge in [-0.1, -0.05) is 0 Å². The van der Waals surface area contributed by atoms with Crippen LogP contribution in [0.1, 0.15) is 6.42 Å². The number of nitrogens with zero attached hydrogens (tertiary/aromatic N) is 1. The molecule has 2 aromatic heterocycles. The number of halogens is 3. The topological polar surface area (TPSA) is 102 Å². The van der Waals surface area contributed by atoms with Gasteiger partial charge in [0, 0.05) is 24.5 Å². The Hall–Kier alpha value is -2.57. The molecule has 0 unspecified atom stereocenters. The van der Waals surface area contributed by atoms with Crippen LogP contribution in [-0.4, -0.2) is 43.6 Å². The van der Waals surface area contributed by atoms with E-state index in [1.807, 2.05) is 0 Å². The maximum absolute atomic E-state index is 14.4. The number of hydrogen-bond acceptors (Lipinski definition) is 6. The zero-order valence-electron chi connectivity index (χ0n) is 15.2. The Morgan fingerprint density at radius 1 is 1.27 bits per heavy atom. The van der Waals surface area contributed by atoms with Gasteiger partial charge in [0.15, 0.2) is 0 Å². The van der Waals surface area contributed by atoms with E-state index in [9.17, 15) is 31.5 Å². The van der Waals surface area contributed by atoms with Crippen molar-refractivity contribution >= 4 is 42.8 Å². The van der Waals surface area contributed by atoms with E-state index in [1.165, 1.54) is 29.3 Å². The molecular weight excluding hydrogens is 443 g/mol. The number of aliphatic hydroxyl groups excluding tert-OH is 1. The molecule has 0 spiro atoms. The monoisotopic (exact) mass is 459 g/mol. The van der Waals surface area contributed by atoms with Gasteiger partial charge < -0.3 is 15.0 Å². The summed E-state index contributed by atoms with van der Waals surface area (Å²) >= 11 is 0.810. The van der Waals surface area contributed by atoms with Crippen LogP contribution in [-0.2, 0) is 10.0 Å². The summed E-state index contributed by atoms with van der Waals surface area (Å²) in [6.45, 7) is -0.373. The quantitative estimate of drug-likeness (QED) is 0.557. The van der Waals surface area contributed by atoms with Gasteiger partial charge in [-0.2, -0.15) is 0 Å². The smallest absolute Gasteiger partial charge is 0.276 e. The van der Waals surface area contributed by atoms with E-state index in [-0.39, 0.29) is 28.4 Å². The lowest BCUT2D eigenvalue weighted by molar-refractivity contribution is -0.117. The Labute approximate surface area is 172 Å². The number of alkyl halides is 2. The van der Waals surface area contributed by atoms with Crippen LogP contribution in [0.2, 0.25) is 0 Å². The average molecular weight is 459 g/mol. The van der Waals surface area contributed by atoms with E-state index < -0.39 is 39.8 Å². The third-order valence-corrected chi connectivity index (χ3v) is 7.85. The number of sulfonamides is 1. The number of piperidine rings is 1. The number of pyridine rings is 1. The van der Waals surface area contributed by atoms with Gasteiger partial charge in [-0.3, -0.25) is 9.52 Å². The van der Waals surface area contributed by atoms with E-state index in [2.05, 4.69) is 9.71 Å². The molecule has 0 saturated carbocycles. The fourth-order valence-electron chi connectivity index (χ4n) is 3.19. The van der Waals surface area contributed by atoms with E-state index in [0.29, 0.717) is 10.4 Å². The molecule has 1 fully saturated rings. The zero-order chi connectivity index (χ0) is 21.7.